The molecule has 3 nitrogen and oxygen atoms in total. The van der Waals surface area contributed by atoms with Crippen LogP contribution in [0.4, 0.5) is 0 Å². The molecule has 0 saturated carbocycles. The first-order valence-corrected chi connectivity index (χ1v) is 6.00. The standard InChI is InChI=1S/C9H17N3S/c1-13-9-6-10-4-2-7-12-8-3-5-11-12/h3,5,8,10H,2,4,6-7,9H2,1H3. The van der Waals surface area contributed by atoms with Crippen molar-refractivity contribution in [2.75, 3.05) is 25.1 Å². The topological polar surface area (TPSA) is 29.9 Å². The summed E-state index contributed by atoms with van der Waals surface area (Å²) in [6.45, 7) is 3.21. The maximum Gasteiger partial charge on any atom is 0.0489 e. The van der Waals surface area contributed by atoms with E-state index in [9.17, 15) is 0 Å². The molecule has 0 bridgehead atoms. The highest BCUT2D eigenvalue weighted by Gasteiger charge is 1.90. The van der Waals surface area contributed by atoms with Crippen LogP contribution < -0.4 is 5.32 Å². The molecule has 4 heteroatoms. The van der Waals surface area contributed by atoms with Crippen molar-refractivity contribution >= 4 is 11.8 Å². The summed E-state index contributed by atoms with van der Waals surface area (Å²) in [5, 5.41) is 7.52. The Balaban J connectivity index is 1.90. The molecule has 74 valence electrons. The van der Waals surface area contributed by atoms with E-state index < -0.39 is 0 Å². The van der Waals surface area contributed by atoms with Crippen LogP contribution in [-0.2, 0) is 6.54 Å². The molecule has 13 heavy (non-hydrogen) atoms. The van der Waals surface area contributed by atoms with Gasteiger partial charge in [0.2, 0.25) is 0 Å². The molecule has 0 radical (unpaired) electrons. The Kier molecular flexibility index (Phi) is 5.69. The highest BCUT2D eigenvalue weighted by Crippen LogP contribution is 1.89. The minimum Gasteiger partial charge on any atom is -0.316 e. The molecule has 1 N–H and O–H groups in total. The van der Waals surface area contributed by atoms with Crippen LogP contribution >= 0.6 is 11.8 Å². The van der Waals surface area contributed by atoms with Gasteiger partial charge in [-0.15, -0.1) is 0 Å². The lowest BCUT2D eigenvalue weighted by atomic mass is 10.4. The first kappa shape index (κ1) is 10.6. The molecule has 1 aromatic heterocycles. The van der Waals surface area contributed by atoms with Crippen LogP contribution in [-0.4, -0.2) is 34.9 Å². The molecule has 1 rings (SSSR count). The van der Waals surface area contributed by atoms with Gasteiger partial charge >= 0.3 is 0 Å². The fourth-order valence-corrected chi connectivity index (χ4v) is 1.45. The number of nitrogens with zero attached hydrogens (tertiary/aromatic N) is 2. The lowest BCUT2D eigenvalue weighted by molar-refractivity contribution is 0.551. The Labute approximate surface area is 83.9 Å². The van der Waals surface area contributed by atoms with Crippen molar-refractivity contribution < 1.29 is 0 Å². The van der Waals surface area contributed by atoms with Crippen LogP contribution in [0.1, 0.15) is 6.42 Å². The molecule has 0 amide bonds. The fourth-order valence-electron chi connectivity index (χ4n) is 1.10. The number of aromatic nitrogens is 2. The first-order chi connectivity index (χ1) is 6.43. The van der Waals surface area contributed by atoms with Gasteiger partial charge in [0, 0.05) is 31.2 Å². The molecule has 0 saturated heterocycles. The smallest absolute Gasteiger partial charge is 0.0489 e. The minimum atomic E-state index is 1.01. The second-order valence-corrected chi connectivity index (χ2v) is 3.85. The van der Waals surface area contributed by atoms with Crippen molar-refractivity contribution in [2.45, 2.75) is 13.0 Å². The highest BCUT2D eigenvalue weighted by atomic mass is 32.2. The Hall–Kier alpha value is -0.480. The average Bonchev–Trinajstić information content (AvgIpc) is 2.63. The largest absolute Gasteiger partial charge is 0.316 e. The summed E-state index contributed by atoms with van der Waals surface area (Å²) in [7, 11) is 0. The third-order valence-corrected chi connectivity index (χ3v) is 2.40. The van der Waals surface area contributed by atoms with Crippen LogP contribution in [0.15, 0.2) is 18.5 Å². The van der Waals surface area contributed by atoms with Crippen molar-refractivity contribution in [3.05, 3.63) is 18.5 Å². The Morgan fingerprint density at radius 1 is 1.46 bits per heavy atom. The summed E-state index contributed by atoms with van der Waals surface area (Å²) in [6.07, 6.45) is 7.10. The minimum absolute atomic E-state index is 1.01. The molecule has 0 aromatic carbocycles. The highest BCUT2D eigenvalue weighted by molar-refractivity contribution is 7.98. The van der Waals surface area contributed by atoms with Crippen molar-refractivity contribution in [1.82, 2.24) is 15.1 Å². The number of hydrogen-bond donors (Lipinski definition) is 1. The second-order valence-electron chi connectivity index (χ2n) is 2.87. The van der Waals surface area contributed by atoms with Gasteiger partial charge in [0.1, 0.15) is 0 Å². The Bertz CT molecular complexity index is 199. The van der Waals surface area contributed by atoms with Crippen LogP contribution in [0.25, 0.3) is 0 Å². The van der Waals surface area contributed by atoms with Crippen LogP contribution in [0.2, 0.25) is 0 Å². The maximum atomic E-state index is 4.13. The number of thioether (sulfide) groups is 1. The zero-order valence-corrected chi connectivity index (χ0v) is 8.89. The lowest BCUT2D eigenvalue weighted by Gasteiger charge is -2.03. The van der Waals surface area contributed by atoms with Gasteiger partial charge in [-0.1, -0.05) is 0 Å². The molecule has 0 aliphatic carbocycles. The third kappa shape index (κ3) is 4.95. The van der Waals surface area contributed by atoms with E-state index in [0.717, 1.165) is 26.1 Å². The van der Waals surface area contributed by atoms with Gasteiger partial charge in [-0.3, -0.25) is 4.68 Å². The molecule has 0 unspecified atom stereocenters. The SMILES string of the molecule is CSCCNCCCn1cccn1. The van der Waals surface area contributed by atoms with E-state index in [2.05, 4.69) is 16.7 Å². The zero-order valence-electron chi connectivity index (χ0n) is 8.07. The number of rotatable bonds is 7. The summed E-state index contributed by atoms with van der Waals surface area (Å²) >= 11 is 1.88. The summed E-state index contributed by atoms with van der Waals surface area (Å²) in [5.74, 6) is 1.20. The molecule has 1 aromatic rings. The first-order valence-electron chi connectivity index (χ1n) is 4.60. The number of nitrogens with one attached hydrogen (secondary N) is 1. The van der Waals surface area contributed by atoms with Gasteiger partial charge in [0.25, 0.3) is 0 Å². The van der Waals surface area contributed by atoms with E-state index >= 15 is 0 Å². The lowest BCUT2D eigenvalue weighted by Crippen LogP contribution is -2.19. The summed E-state index contributed by atoms with van der Waals surface area (Å²) in [4.78, 5) is 0. The van der Waals surface area contributed by atoms with Gasteiger partial charge < -0.3 is 5.32 Å². The quantitative estimate of drug-likeness (QED) is 0.670. The third-order valence-electron chi connectivity index (χ3n) is 1.78. The summed E-state index contributed by atoms with van der Waals surface area (Å²) in [6, 6.07) is 1.96. The van der Waals surface area contributed by atoms with Crippen molar-refractivity contribution in [1.29, 1.82) is 0 Å². The number of aryl methyl sites for hydroxylation is 1. The molecule has 0 spiro atoms. The predicted octanol–water partition coefficient (Wildman–Crippen LogP) is 1.23. The fraction of sp³-hybridized carbons (Fsp3) is 0.667. The predicted molar refractivity (Wildman–Crippen MR) is 58.1 cm³/mol. The molecular weight excluding hydrogens is 182 g/mol. The van der Waals surface area contributed by atoms with Gasteiger partial charge in [-0.2, -0.15) is 16.9 Å². The van der Waals surface area contributed by atoms with Crippen molar-refractivity contribution in [2.24, 2.45) is 0 Å². The molecule has 0 aliphatic rings. The van der Waals surface area contributed by atoms with E-state index in [1.807, 2.05) is 34.9 Å². The van der Waals surface area contributed by atoms with Crippen LogP contribution in [0.3, 0.4) is 0 Å². The van der Waals surface area contributed by atoms with E-state index in [1.54, 1.807) is 0 Å². The second kappa shape index (κ2) is 6.97. The monoisotopic (exact) mass is 199 g/mol. The average molecular weight is 199 g/mol. The van der Waals surface area contributed by atoms with Gasteiger partial charge in [-0.25, -0.2) is 0 Å². The Morgan fingerprint density at radius 3 is 3.08 bits per heavy atom. The molecule has 0 aliphatic heterocycles. The van der Waals surface area contributed by atoms with E-state index in [0.29, 0.717) is 0 Å². The van der Waals surface area contributed by atoms with Crippen molar-refractivity contribution in [3.8, 4) is 0 Å². The van der Waals surface area contributed by atoms with E-state index in [-0.39, 0.29) is 0 Å². The summed E-state index contributed by atoms with van der Waals surface area (Å²) in [5.41, 5.74) is 0. The zero-order chi connectivity index (χ0) is 9.36. The molecule has 1 heterocycles. The van der Waals surface area contributed by atoms with E-state index in [4.69, 9.17) is 0 Å². The summed E-state index contributed by atoms with van der Waals surface area (Å²) < 4.78 is 1.97. The van der Waals surface area contributed by atoms with Gasteiger partial charge in [0.15, 0.2) is 0 Å². The molecule has 0 atom stereocenters. The van der Waals surface area contributed by atoms with E-state index in [1.165, 1.54) is 5.75 Å². The van der Waals surface area contributed by atoms with Gasteiger partial charge in [-0.05, 0) is 25.3 Å². The Morgan fingerprint density at radius 2 is 2.38 bits per heavy atom. The molecule has 0 fully saturated rings. The number of hydrogen-bond acceptors (Lipinski definition) is 3. The molecular formula is C9H17N3S. The van der Waals surface area contributed by atoms with Crippen LogP contribution in [0, 0.1) is 0 Å². The normalized spacial score (nSPS) is 10.5. The maximum absolute atomic E-state index is 4.13. The van der Waals surface area contributed by atoms with Crippen LogP contribution in [0.5, 0.6) is 0 Å². The van der Waals surface area contributed by atoms with Crippen molar-refractivity contribution in [3.63, 3.8) is 0 Å². The van der Waals surface area contributed by atoms with Gasteiger partial charge in [0.05, 0.1) is 0 Å².